The molecule has 0 unspecified atom stereocenters. The maximum atomic E-state index is 13.8. The van der Waals surface area contributed by atoms with Gasteiger partial charge in [0.25, 0.3) is 5.56 Å². The molecule has 1 fully saturated rings. The summed E-state index contributed by atoms with van der Waals surface area (Å²) in [6.07, 6.45) is -3.66. The summed E-state index contributed by atoms with van der Waals surface area (Å²) in [4.78, 5) is 34.2. The van der Waals surface area contributed by atoms with Gasteiger partial charge in [-0.2, -0.15) is 18.3 Å². The fourth-order valence-electron chi connectivity index (χ4n) is 5.72. The van der Waals surface area contributed by atoms with Crippen molar-refractivity contribution in [3.8, 4) is 11.3 Å². The van der Waals surface area contributed by atoms with Crippen LogP contribution in [0, 0.1) is 0 Å². The second kappa shape index (κ2) is 11.9. The normalized spacial score (nSPS) is 16.1. The van der Waals surface area contributed by atoms with Crippen LogP contribution in [0.4, 0.5) is 13.2 Å². The quantitative estimate of drug-likeness (QED) is 0.331. The van der Waals surface area contributed by atoms with Gasteiger partial charge < -0.3 is 14.9 Å². The lowest BCUT2D eigenvalue weighted by Gasteiger charge is -2.39. The number of aliphatic hydroxyl groups is 1. The van der Waals surface area contributed by atoms with Crippen LogP contribution in [-0.4, -0.2) is 79.1 Å². The number of fused-ring (bicyclic) bond motifs is 1. The number of carbonyl (C=O) groups is 1. The van der Waals surface area contributed by atoms with E-state index in [1.807, 2.05) is 38.4 Å². The van der Waals surface area contributed by atoms with Crippen LogP contribution in [0.1, 0.15) is 36.3 Å². The van der Waals surface area contributed by atoms with E-state index in [9.17, 15) is 27.9 Å². The number of aromatic nitrogens is 4. The molecule has 0 spiro atoms. The molecule has 0 saturated carbocycles. The van der Waals surface area contributed by atoms with Gasteiger partial charge in [0.1, 0.15) is 5.52 Å². The Kier molecular flexibility index (Phi) is 8.44. The number of amides is 1. The van der Waals surface area contributed by atoms with Crippen LogP contribution in [0.25, 0.3) is 22.3 Å². The molecule has 1 atom stereocenters. The number of hydrogen-bond acceptors (Lipinski definition) is 6. The van der Waals surface area contributed by atoms with Gasteiger partial charge in [0, 0.05) is 38.7 Å². The summed E-state index contributed by atoms with van der Waals surface area (Å²) in [6.45, 7) is 0.885. The smallest absolute Gasteiger partial charge is 0.388 e. The summed E-state index contributed by atoms with van der Waals surface area (Å²) >= 11 is 0. The average molecular weight is 597 g/mol. The van der Waals surface area contributed by atoms with Crippen molar-refractivity contribution in [2.45, 2.75) is 50.0 Å². The zero-order chi connectivity index (χ0) is 30.9. The Morgan fingerprint density at radius 3 is 2.30 bits per heavy atom. The van der Waals surface area contributed by atoms with Crippen molar-refractivity contribution in [2.75, 3.05) is 27.2 Å². The highest BCUT2D eigenvalue weighted by Gasteiger charge is 2.43. The molecule has 0 bridgehead atoms. The predicted molar refractivity (Wildman–Crippen MR) is 156 cm³/mol. The molecule has 1 saturated heterocycles. The van der Waals surface area contributed by atoms with Crippen molar-refractivity contribution in [1.29, 1.82) is 0 Å². The lowest BCUT2D eigenvalue weighted by Crippen LogP contribution is -2.50. The highest BCUT2D eigenvalue weighted by atomic mass is 19.4. The lowest BCUT2D eigenvalue weighted by atomic mass is 9.90. The van der Waals surface area contributed by atoms with E-state index < -0.39 is 35.6 Å². The number of likely N-dealkylation sites (tertiary alicyclic amines) is 1. The Bertz CT molecular complexity index is 1640. The largest absolute Gasteiger partial charge is 0.396 e. The zero-order valence-corrected chi connectivity index (χ0v) is 24.4. The van der Waals surface area contributed by atoms with E-state index in [2.05, 4.69) is 15.0 Å². The molecule has 1 N–H and O–H groups in total. The fourth-order valence-corrected chi connectivity index (χ4v) is 5.72. The van der Waals surface area contributed by atoms with E-state index in [0.717, 1.165) is 17.7 Å². The second-order valence-electron chi connectivity index (χ2n) is 11.6. The van der Waals surface area contributed by atoms with Crippen molar-refractivity contribution >= 4 is 16.9 Å². The Labute approximate surface area is 247 Å². The lowest BCUT2D eigenvalue weighted by molar-refractivity contribution is -0.162. The number of carbonyl (C=O) groups excluding carboxylic acids is 1. The van der Waals surface area contributed by atoms with E-state index in [-0.39, 0.29) is 43.6 Å². The van der Waals surface area contributed by atoms with E-state index in [1.165, 1.54) is 40.1 Å². The van der Waals surface area contributed by atoms with Crippen molar-refractivity contribution in [3.63, 3.8) is 0 Å². The molecule has 9 nitrogen and oxygen atoms in total. The van der Waals surface area contributed by atoms with Crippen LogP contribution in [0.2, 0.25) is 0 Å². The van der Waals surface area contributed by atoms with Crippen molar-refractivity contribution < 1.29 is 23.1 Å². The topological polar surface area (TPSA) is 96.5 Å². The van der Waals surface area contributed by atoms with Crippen LogP contribution in [-0.2, 0) is 24.9 Å². The minimum Gasteiger partial charge on any atom is -0.388 e. The zero-order valence-electron chi connectivity index (χ0n) is 24.4. The molecule has 43 heavy (non-hydrogen) atoms. The predicted octanol–water partition coefficient (Wildman–Crippen LogP) is 3.95. The van der Waals surface area contributed by atoms with E-state index in [1.54, 1.807) is 17.8 Å². The van der Waals surface area contributed by atoms with Gasteiger partial charge in [-0.1, -0.05) is 54.6 Å². The minimum atomic E-state index is -4.57. The fraction of sp³-hybridized carbons (Fsp3) is 0.419. The summed E-state index contributed by atoms with van der Waals surface area (Å²) in [5, 5.41) is 15.7. The first-order valence-corrected chi connectivity index (χ1v) is 14.1. The number of rotatable bonds is 8. The van der Waals surface area contributed by atoms with Gasteiger partial charge in [0.15, 0.2) is 5.52 Å². The Morgan fingerprint density at radius 2 is 1.70 bits per heavy atom. The second-order valence-corrected chi connectivity index (χ2v) is 11.6. The Hall–Kier alpha value is -4.03. The molecule has 3 heterocycles. The minimum absolute atomic E-state index is 0.0400. The molecule has 228 valence electrons. The van der Waals surface area contributed by atoms with Crippen molar-refractivity contribution in [3.05, 3.63) is 82.4 Å². The van der Waals surface area contributed by atoms with Crippen LogP contribution in [0.3, 0.4) is 0 Å². The first kappa shape index (κ1) is 30.4. The number of hydrogen-bond donors (Lipinski definition) is 1. The number of piperidine rings is 1. The Morgan fingerprint density at radius 1 is 1.05 bits per heavy atom. The highest BCUT2D eigenvalue weighted by Crippen LogP contribution is 2.38. The molecule has 1 aliphatic heterocycles. The maximum Gasteiger partial charge on any atom is 0.396 e. The third-order valence-corrected chi connectivity index (χ3v) is 8.03. The summed E-state index contributed by atoms with van der Waals surface area (Å²) in [5.74, 6) is -2.53. The summed E-state index contributed by atoms with van der Waals surface area (Å²) < 4.78 is 44.2. The standard InChI is InChI=1S/C31H35F3N6O3/c1-37(2)18-21-9-11-23(12-10-21)28-26-27(36-38(28)3)29(42)40(20-35-26)19-30(43)13-15-39(16-14-30)25(41)17-24(31(32,33)34)22-7-5-4-6-8-22/h4-12,20,24,43H,13-19H2,1-3H3/t24-/m1/s1. The van der Waals surface area contributed by atoms with Crippen molar-refractivity contribution in [2.24, 2.45) is 7.05 Å². The summed E-state index contributed by atoms with van der Waals surface area (Å²) in [5.41, 5.74) is 1.65. The summed E-state index contributed by atoms with van der Waals surface area (Å²) in [6, 6.07) is 15.4. The van der Waals surface area contributed by atoms with E-state index >= 15 is 0 Å². The van der Waals surface area contributed by atoms with Crippen molar-refractivity contribution in [1.82, 2.24) is 29.1 Å². The molecule has 0 radical (unpaired) electrons. The maximum absolute atomic E-state index is 13.8. The molecule has 12 heteroatoms. The average Bonchev–Trinajstić information content (AvgIpc) is 3.30. The molecule has 0 aliphatic carbocycles. The third-order valence-electron chi connectivity index (χ3n) is 8.03. The van der Waals surface area contributed by atoms with Crippen LogP contribution < -0.4 is 5.56 Å². The molecule has 2 aromatic heterocycles. The van der Waals surface area contributed by atoms with Gasteiger partial charge in [-0.3, -0.25) is 18.8 Å². The monoisotopic (exact) mass is 596 g/mol. The molecule has 1 amide bonds. The van der Waals surface area contributed by atoms with Gasteiger partial charge in [0.2, 0.25) is 5.91 Å². The molecular formula is C31H35F3N6O3. The molecule has 5 rings (SSSR count). The number of aryl methyl sites for hydroxylation is 1. The number of alkyl halides is 3. The van der Waals surface area contributed by atoms with Crippen LogP contribution in [0.15, 0.2) is 65.7 Å². The first-order chi connectivity index (χ1) is 20.3. The van der Waals surface area contributed by atoms with Crippen LogP contribution in [0.5, 0.6) is 0 Å². The highest BCUT2D eigenvalue weighted by molar-refractivity contribution is 5.89. The molecule has 2 aromatic carbocycles. The van der Waals surface area contributed by atoms with Gasteiger partial charge in [0.05, 0.1) is 30.1 Å². The van der Waals surface area contributed by atoms with Gasteiger partial charge in [-0.25, -0.2) is 4.98 Å². The van der Waals surface area contributed by atoms with E-state index in [4.69, 9.17) is 0 Å². The van der Waals surface area contributed by atoms with Crippen LogP contribution >= 0.6 is 0 Å². The molecule has 1 aliphatic rings. The Balaban J connectivity index is 1.28. The number of halogens is 3. The summed E-state index contributed by atoms with van der Waals surface area (Å²) in [7, 11) is 5.74. The molecule has 4 aromatic rings. The van der Waals surface area contributed by atoms with Gasteiger partial charge in [-0.05, 0) is 38.1 Å². The molecular weight excluding hydrogens is 561 g/mol. The van der Waals surface area contributed by atoms with Gasteiger partial charge >= 0.3 is 6.18 Å². The third kappa shape index (κ3) is 6.65. The first-order valence-electron chi connectivity index (χ1n) is 14.1. The SMILES string of the molecule is CN(C)Cc1ccc(-c2c3ncn(CC4(O)CCN(C(=O)C[C@H](c5ccccc5)C(F)(F)F)CC4)c(=O)c3nn2C)cc1. The number of benzene rings is 2. The number of nitrogens with zero attached hydrogens (tertiary/aromatic N) is 6. The van der Waals surface area contributed by atoms with E-state index in [0.29, 0.717) is 11.2 Å². The van der Waals surface area contributed by atoms with Gasteiger partial charge in [-0.15, -0.1) is 0 Å².